The van der Waals surface area contributed by atoms with Crippen LogP contribution < -0.4 is 11.1 Å². The molecule has 1 saturated carbocycles. The van der Waals surface area contributed by atoms with Crippen LogP contribution in [0.15, 0.2) is 79.0 Å². The second-order valence-electron chi connectivity index (χ2n) is 7.35. The van der Waals surface area contributed by atoms with Gasteiger partial charge in [0, 0.05) is 23.5 Å². The number of nitrogens with two attached hydrogens (primary N) is 1. The van der Waals surface area contributed by atoms with Gasteiger partial charge >= 0.3 is 0 Å². The Morgan fingerprint density at radius 1 is 0.868 bits per heavy atom. The van der Waals surface area contributed by atoms with Crippen LogP contribution in [0.4, 0.5) is 14.5 Å². The summed E-state index contributed by atoms with van der Waals surface area (Å²) in [5.74, 6) is -1.09. The van der Waals surface area contributed by atoms with E-state index in [-0.39, 0.29) is 0 Å². The van der Waals surface area contributed by atoms with E-state index in [0.717, 1.165) is 23.6 Å². The number of carbonyl (C=O) groups is 1. The van der Waals surface area contributed by atoms with Crippen molar-refractivity contribution in [2.75, 3.05) is 5.32 Å². The van der Waals surface area contributed by atoms with E-state index in [9.17, 15) is 8.78 Å². The van der Waals surface area contributed by atoms with E-state index in [1.54, 1.807) is 12.2 Å². The largest absolute Gasteiger partial charge is 0.399 e. The predicted molar refractivity (Wildman–Crippen MR) is 165 cm³/mol. The second-order valence-corrected chi connectivity index (χ2v) is 7.35. The summed E-state index contributed by atoms with van der Waals surface area (Å²) in [7, 11) is 0. The maximum atomic E-state index is 13.2. The van der Waals surface area contributed by atoms with Gasteiger partial charge in [0.1, 0.15) is 17.9 Å². The average Bonchev–Trinajstić information content (AvgIpc) is 2.96. The van der Waals surface area contributed by atoms with Crippen LogP contribution >= 0.6 is 0 Å². The van der Waals surface area contributed by atoms with E-state index in [1.807, 2.05) is 84.9 Å². The highest BCUT2D eigenvalue weighted by Gasteiger charge is 2.12. The first-order valence-corrected chi connectivity index (χ1v) is 13.9. The van der Waals surface area contributed by atoms with Crippen molar-refractivity contribution in [3.8, 4) is 11.1 Å². The first kappa shape index (κ1) is 39.3. The van der Waals surface area contributed by atoms with Gasteiger partial charge in [0.2, 0.25) is 0 Å². The molecule has 5 heteroatoms. The molecule has 1 fully saturated rings. The quantitative estimate of drug-likeness (QED) is 0.299. The van der Waals surface area contributed by atoms with Crippen LogP contribution in [0.1, 0.15) is 87.5 Å². The second kappa shape index (κ2) is 28.4. The van der Waals surface area contributed by atoms with Gasteiger partial charge in [-0.1, -0.05) is 91.7 Å². The molecule has 3 rings (SSSR count). The van der Waals surface area contributed by atoms with Gasteiger partial charge in [0.25, 0.3) is 0 Å². The summed E-state index contributed by atoms with van der Waals surface area (Å²) in [6.07, 6.45) is 14.3. The van der Waals surface area contributed by atoms with Gasteiger partial charge in [0.05, 0.1) is 0 Å². The van der Waals surface area contributed by atoms with Gasteiger partial charge in [-0.3, -0.25) is 0 Å². The minimum Gasteiger partial charge on any atom is -0.399 e. The number of allylic oxidation sites excluding steroid dienone is 4. The highest BCUT2D eigenvalue weighted by atomic mass is 19.1. The maximum absolute atomic E-state index is 13.2. The molecule has 0 aromatic heterocycles. The Morgan fingerprint density at radius 3 is 1.76 bits per heavy atom. The summed E-state index contributed by atoms with van der Waals surface area (Å²) < 4.78 is 26.5. The Labute approximate surface area is 231 Å². The lowest BCUT2D eigenvalue weighted by Gasteiger charge is -2.23. The number of benzene rings is 2. The maximum Gasteiger partial charge on any atom is 0.126 e. The van der Waals surface area contributed by atoms with Gasteiger partial charge in [0.15, 0.2) is 0 Å². The molecule has 38 heavy (non-hydrogen) atoms. The Kier molecular flexibility index (Phi) is 29.3. The van der Waals surface area contributed by atoms with Crippen molar-refractivity contribution < 1.29 is 13.6 Å². The summed E-state index contributed by atoms with van der Waals surface area (Å²) in [5.41, 5.74) is 8.51. The van der Waals surface area contributed by atoms with Crippen molar-refractivity contribution in [3.63, 3.8) is 0 Å². The van der Waals surface area contributed by atoms with Crippen LogP contribution in [0.5, 0.6) is 0 Å². The minimum absolute atomic E-state index is 0.547. The lowest BCUT2D eigenvalue weighted by Crippen LogP contribution is -2.22. The van der Waals surface area contributed by atoms with E-state index in [0.29, 0.717) is 17.3 Å². The summed E-state index contributed by atoms with van der Waals surface area (Å²) in [4.78, 5) is 8.81. The predicted octanol–water partition coefficient (Wildman–Crippen LogP) is 10.3. The standard InChI is InChI=1S/C18H19F2N.C7H11N.C2H4O.3C2H6/c19-15-10-14(11-16(20)12-15)13-6-8-18(9-7-13)21-17-4-2-1-3-5-17;1-3-5-6-7(8)4-2;1-2-3;3*1-2/h6-12,17,21H,1-5H2;3-6H,2,8H2,1H3;2H,1H3;3*1-2H3/b;5-3-,7-6+;;;;. The Bertz CT molecular complexity index is 864. The fraction of sp³-hybridized carbons (Fsp3) is 0.424. The smallest absolute Gasteiger partial charge is 0.126 e. The molecular formula is C33H52F2N2O. The third-order valence-corrected chi connectivity index (χ3v) is 4.77. The molecule has 1 aliphatic rings. The number of hydrogen-bond donors (Lipinski definition) is 2. The van der Waals surface area contributed by atoms with Crippen molar-refractivity contribution in [1.29, 1.82) is 0 Å². The van der Waals surface area contributed by atoms with Crippen LogP contribution in [0.25, 0.3) is 11.1 Å². The molecule has 0 amide bonds. The molecule has 0 unspecified atom stereocenters. The van der Waals surface area contributed by atoms with E-state index in [4.69, 9.17) is 10.5 Å². The van der Waals surface area contributed by atoms with E-state index >= 15 is 0 Å². The van der Waals surface area contributed by atoms with Gasteiger partial charge in [-0.15, -0.1) is 0 Å². The number of halogens is 2. The molecule has 3 N–H and O–H groups in total. The monoisotopic (exact) mass is 530 g/mol. The van der Waals surface area contributed by atoms with Crippen molar-refractivity contribution in [1.82, 2.24) is 0 Å². The molecule has 1 aliphatic carbocycles. The lowest BCUT2D eigenvalue weighted by molar-refractivity contribution is -0.106. The number of rotatable bonds is 5. The van der Waals surface area contributed by atoms with Crippen LogP contribution in [0.3, 0.4) is 0 Å². The number of aldehydes is 1. The minimum atomic E-state index is -0.547. The molecule has 214 valence electrons. The third-order valence-electron chi connectivity index (χ3n) is 4.77. The molecule has 0 bridgehead atoms. The summed E-state index contributed by atoms with van der Waals surface area (Å²) >= 11 is 0. The van der Waals surface area contributed by atoms with Gasteiger partial charge in [-0.2, -0.15) is 0 Å². The van der Waals surface area contributed by atoms with Crippen molar-refractivity contribution in [3.05, 3.63) is 90.7 Å². The molecule has 2 aromatic rings. The molecule has 3 nitrogen and oxygen atoms in total. The van der Waals surface area contributed by atoms with E-state index in [2.05, 4.69) is 11.9 Å². The fourth-order valence-electron chi connectivity index (χ4n) is 3.24. The fourth-order valence-corrected chi connectivity index (χ4v) is 3.24. The SMILES string of the molecule is C=C/C(N)=C\C=C/C.CC.CC.CC.CC=O.Fc1cc(F)cc(-c2ccc(NC3CCCCC3)cc2)c1. The molecule has 0 atom stereocenters. The number of anilines is 1. The highest BCUT2D eigenvalue weighted by Crippen LogP contribution is 2.25. The summed E-state index contributed by atoms with van der Waals surface area (Å²) in [5, 5.41) is 3.53. The number of hydrogen-bond acceptors (Lipinski definition) is 3. The topological polar surface area (TPSA) is 55.1 Å². The molecule has 0 aliphatic heterocycles. The first-order chi connectivity index (χ1) is 18.4. The van der Waals surface area contributed by atoms with Crippen LogP contribution in [0, 0.1) is 11.6 Å². The Morgan fingerprint density at radius 2 is 1.34 bits per heavy atom. The first-order valence-electron chi connectivity index (χ1n) is 13.9. The molecule has 2 aromatic carbocycles. The van der Waals surface area contributed by atoms with Crippen molar-refractivity contribution in [2.45, 2.75) is 93.5 Å². The molecule has 0 saturated heterocycles. The van der Waals surface area contributed by atoms with Gasteiger partial charge < -0.3 is 15.8 Å². The zero-order valence-electron chi connectivity index (χ0n) is 25.0. The van der Waals surface area contributed by atoms with Gasteiger partial charge in [-0.05, 0) is 74.2 Å². The molecule has 0 spiro atoms. The molecule has 0 heterocycles. The van der Waals surface area contributed by atoms with Gasteiger partial charge in [-0.25, -0.2) is 8.78 Å². The van der Waals surface area contributed by atoms with Crippen LogP contribution in [-0.4, -0.2) is 12.3 Å². The average molecular weight is 531 g/mol. The summed E-state index contributed by atoms with van der Waals surface area (Å²) in [6, 6.07) is 11.9. The third kappa shape index (κ3) is 19.9. The van der Waals surface area contributed by atoms with E-state index < -0.39 is 11.6 Å². The zero-order chi connectivity index (χ0) is 29.8. The van der Waals surface area contributed by atoms with Crippen molar-refractivity contribution >= 4 is 12.0 Å². The number of nitrogens with one attached hydrogen (secondary N) is 1. The van der Waals surface area contributed by atoms with Crippen LogP contribution in [-0.2, 0) is 4.79 Å². The normalized spacial score (nSPS) is 12.2. The highest BCUT2D eigenvalue weighted by molar-refractivity contribution is 5.66. The lowest BCUT2D eigenvalue weighted by atomic mass is 9.95. The Hall–Kier alpha value is -3.21. The van der Waals surface area contributed by atoms with Crippen molar-refractivity contribution in [2.24, 2.45) is 5.73 Å². The van der Waals surface area contributed by atoms with Crippen LogP contribution in [0.2, 0.25) is 0 Å². The van der Waals surface area contributed by atoms with E-state index in [1.165, 1.54) is 51.2 Å². The zero-order valence-corrected chi connectivity index (χ0v) is 25.0. The molecule has 0 radical (unpaired) electrons. The molecular weight excluding hydrogens is 478 g/mol. The number of carbonyl (C=O) groups excluding carboxylic acids is 1. The Balaban J connectivity index is -0.000000604. The summed E-state index contributed by atoms with van der Waals surface area (Å²) in [6.45, 7) is 18.9.